The van der Waals surface area contributed by atoms with E-state index in [1.807, 2.05) is 12.2 Å². The molecular formula is C21H23N3O. The van der Waals surface area contributed by atoms with E-state index < -0.39 is 0 Å². The van der Waals surface area contributed by atoms with Gasteiger partial charge in [-0.2, -0.15) is 4.98 Å². The van der Waals surface area contributed by atoms with Gasteiger partial charge in [0.2, 0.25) is 11.7 Å². The molecule has 0 saturated carbocycles. The average molecular weight is 333 g/mol. The Labute approximate surface area is 148 Å². The third kappa shape index (κ3) is 4.03. The van der Waals surface area contributed by atoms with Gasteiger partial charge in [-0.15, -0.1) is 0 Å². The number of rotatable bonds is 5. The summed E-state index contributed by atoms with van der Waals surface area (Å²) in [5, 5.41) is 7.23. The quantitative estimate of drug-likeness (QED) is 0.827. The molecule has 0 bridgehead atoms. The van der Waals surface area contributed by atoms with Gasteiger partial charge in [-0.25, -0.2) is 0 Å². The Bertz CT molecular complexity index is 871. The number of aryl methyl sites for hydroxylation is 2. The SMILES string of the molecule is C=C(/C=C\C(=C)c1noc(C)n1)c1ccc(C)c(C2=CCNCC2)c1. The van der Waals surface area contributed by atoms with Gasteiger partial charge in [-0.3, -0.25) is 0 Å². The topological polar surface area (TPSA) is 51.0 Å². The van der Waals surface area contributed by atoms with Crippen LogP contribution in [-0.2, 0) is 0 Å². The zero-order chi connectivity index (χ0) is 17.8. The van der Waals surface area contributed by atoms with Crippen molar-refractivity contribution in [2.24, 2.45) is 0 Å². The molecule has 3 rings (SSSR count). The number of hydrogen-bond donors (Lipinski definition) is 1. The lowest BCUT2D eigenvalue weighted by molar-refractivity contribution is 0.391. The molecule has 4 nitrogen and oxygen atoms in total. The van der Waals surface area contributed by atoms with Crippen LogP contribution in [0.15, 0.2) is 54.1 Å². The molecule has 0 aliphatic carbocycles. The molecular weight excluding hydrogens is 310 g/mol. The molecule has 128 valence electrons. The molecule has 2 heterocycles. The minimum Gasteiger partial charge on any atom is -0.339 e. The molecule has 1 aliphatic heterocycles. The number of aromatic nitrogens is 2. The Kier molecular flexibility index (Phi) is 5.10. The van der Waals surface area contributed by atoms with E-state index in [0.717, 1.165) is 30.6 Å². The maximum Gasteiger partial charge on any atom is 0.223 e. The van der Waals surface area contributed by atoms with Crippen molar-refractivity contribution in [1.29, 1.82) is 0 Å². The first-order chi connectivity index (χ1) is 12.0. The van der Waals surface area contributed by atoms with E-state index in [1.54, 1.807) is 6.92 Å². The van der Waals surface area contributed by atoms with Crippen molar-refractivity contribution < 1.29 is 4.52 Å². The predicted octanol–water partition coefficient (Wildman–Crippen LogP) is 4.35. The van der Waals surface area contributed by atoms with Gasteiger partial charge in [0.05, 0.1) is 0 Å². The van der Waals surface area contributed by atoms with Gasteiger partial charge in [0.15, 0.2) is 0 Å². The Morgan fingerprint density at radius 1 is 1.20 bits per heavy atom. The summed E-state index contributed by atoms with van der Waals surface area (Å²) in [7, 11) is 0. The highest BCUT2D eigenvalue weighted by atomic mass is 16.5. The molecule has 25 heavy (non-hydrogen) atoms. The summed E-state index contributed by atoms with van der Waals surface area (Å²) in [6, 6.07) is 6.48. The van der Waals surface area contributed by atoms with Gasteiger partial charge in [-0.1, -0.05) is 48.7 Å². The number of nitrogens with one attached hydrogen (secondary N) is 1. The fourth-order valence-corrected chi connectivity index (χ4v) is 2.84. The maximum atomic E-state index is 4.98. The lowest BCUT2D eigenvalue weighted by Gasteiger charge is -2.17. The highest BCUT2D eigenvalue weighted by Crippen LogP contribution is 2.27. The molecule has 0 amide bonds. The fourth-order valence-electron chi connectivity index (χ4n) is 2.84. The van der Waals surface area contributed by atoms with Gasteiger partial charge in [0.1, 0.15) is 0 Å². The molecule has 0 radical (unpaired) electrons. The molecule has 1 aromatic heterocycles. The second kappa shape index (κ2) is 7.45. The van der Waals surface area contributed by atoms with Crippen LogP contribution in [0, 0.1) is 13.8 Å². The number of hydrogen-bond acceptors (Lipinski definition) is 4. The van der Waals surface area contributed by atoms with Gasteiger partial charge in [0.25, 0.3) is 0 Å². The fraction of sp³-hybridized carbons (Fsp3) is 0.238. The normalized spacial score (nSPS) is 14.6. The Morgan fingerprint density at radius 2 is 2.00 bits per heavy atom. The minimum absolute atomic E-state index is 0.506. The van der Waals surface area contributed by atoms with Gasteiger partial charge in [-0.05, 0) is 53.8 Å². The van der Waals surface area contributed by atoms with Crippen LogP contribution in [0.4, 0.5) is 0 Å². The Balaban J connectivity index is 1.79. The van der Waals surface area contributed by atoms with Crippen molar-refractivity contribution in [3.8, 4) is 0 Å². The molecule has 2 aromatic rings. The Hall–Kier alpha value is -2.72. The number of benzene rings is 1. The van der Waals surface area contributed by atoms with Gasteiger partial charge < -0.3 is 9.84 Å². The van der Waals surface area contributed by atoms with Crippen molar-refractivity contribution in [3.05, 3.63) is 78.0 Å². The van der Waals surface area contributed by atoms with Crippen LogP contribution in [0.2, 0.25) is 0 Å². The predicted molar refractivity (Wildman–Crippen MR) is 103 cm³/mol. The number of nitrogens with zero attached hydrogens (tertiary/aromatic N) is 2. The van der Waals surface area contributed by atoms with Crippen molar-refractivity contribution in [3.63, 3.8) is 0 Å². The smallest absolute Gasteiger partial charge is 0.223 e. The molecule has 0 fully saturated rings. The van der Waals surface area contributed by atoms with E-state index in [1.165, 1.54) is 16.7 Å². The molecule has 1 aliphatic rings. The third-order valence-electron chi connectivity index (χ3n) is 4.32. The molecule has 0 unspecified atom stereocenters. The lowest BCUT2D eigenvalue weighted by Crippen LogP contribution is -2.20. The van der Waals surface area contributed by atoms with E-state index in [-0.39, 0.29) is 0 Å². The van der Waals surface area contributed by atoms with Crippen LogP contribution in [0.25, 0.3) is 16.7 Å². The van der Waals surface area contributed by atoms with Crippen LogP contribution in [-0.4, -0.2) is 23.2 Å². The van der Waals surface area contributed by atoms with Gasteiger partial charge in [0, 0.05) is 19.0 Å². The highest BCUT2D eigenvalue weighted by molar-refractivity contribution is 5.80. The molecule has 0 spiro atoms. The summed E-state index contributed by atoms with van der Waals surface area (Å²) in [6.45, 7) is 14.0. The largest absolute Gasteiger partial charge is 0.339 e. The summed E-state index contributed by atoms with van der Waals surface area (Å²) in [5.41, 5.74) is 6.74. The first-order valence-electron chi connectivity index (χ1n) is 8.42. The summed E-state index contributed by atoms with van der Waals surface area (Å²) in [6.07, 6.45) is 7.14. The van der Waals surface area contributed by atoms with Crippen molar-refractivity contribution in [2.75, 3.05) is 13.1 Å². The highest BCUT2D eigenvalue weighted by Gasteiger charge is 2.10. The lowest BCUT2D eigenvalue weighted by atomic mass is 9.92. The van der Waals surface area contributed by atoms with Crippen LogP contribution in [0.5, 0.6) is 0 Å². The monoisotopic (exact) mass is 333 g/mol. The third-order valence-corrected chi connectivity index (χ3v) is 4.32. The number of allylic oxidation sites excluding steroid dienone is 4. The van der Waals surface area contributed by atoms with Crippen molar-refractivity contribution in [1.82, 2.24) is 15.5 Å². The van der Waals surface area contributed by atoms with Crippen molar-refractivity contribution in [2.45, 2.75) is 20.3 Å². The minimum atomic E-state index is 0.506. The van der Waals surface area contributed by atoms with Crippen LogP contribution in [0.1, 0.15) is 34.8 Å². The summed E-state index contributed by atoms with van der Waals surface area (Å²) < 4.78 is 4.98. The summed E-state index contributed by atoms with van der Waals surface area (Å²) in [4.78, 5) is 4.18. The maximum absolute atomic E-state index is 4.98. The first kappa shape index (κ1) is 17.1. The van der Waals surface area contributed by atoms with Crippen LogP contribution in [0.3, 0.4) is 0 Å². The second-order valence-electron chi connectivity index (χ2n) is 6.23. The molecule has 0 atom stereocenters. The van der Waals surface area contributed by atoms with Crippen molar-refractivity contribution >= 4 is 16.7 Å². The first-order valence-corrected chi connectivity index (χ1v) is 8.42. The zero-order valence-corrected chi connectivity index (χ0v) is 14.8. The van der Waals surface area contributed by atoms with Gasteiger partial charge >= 0.3 is 0 Å². The van der Waals surface area contributed by atoms with E-state index in [4.69, 9.17) is 4.52 Å². The standard InChI is InChI=1S/C21H23N3O/c1-14(5-6-16(3)21-23-17(4)25-24-21)19-8-7-15(2)20(13-19)18-9-11-22-12-10-18/h5-9,13,22H,1,3,10-12H2,2,4H3/b6-5-. The zero-order valence-electron chi connectivity index (χ0n) is 14.8. The van der Waals surface area contributed by atoms with Crippen LogP contribution < -0.4 is 5.32 Å². The summed E-state index contributed by atoms with van der Waals surface area (Å²) in [5.74, 6) is 1.04. The second-order valence-corrected chi connectivity index (χ2v) is 6.23. The molecule has 1 N–H and O–H groups in total. The Morgan fingerprint density at radius 3 is 2.68 bits per heavy atom. The summed E-state index contributed by atoms with van der Waals surface area (Å²) >= 11 is 0. The van der Waals surface area contributed by atoms with E-state index in [2.05, 4.69) is 59.8 Å². The molecule has 4 heteroatoms. The van der Waals surface area contributed by atoms with E-state index in [9.17, 15) is 0 Å². The van der Waals surface area contributed by atoms with E-state index >= 15 is 0 Å². The molecule has 1 aromatic carbocycles. The van der Waals surface area contributed by atoms with Crippen LogP contribution >= 0.6 is 0 Å². The average Bonchev–Trinajstić information content (AvgIpc) is 3.07. The van der Waals surface area contributed by atoms with E-state index in [0.29, 0.717) is 17.3 Å². The molecule has 0 saturated heterocycles.